The van der Waals surface area contributed by atoms with Crippen molar-refractivity contribution < 1.29 is 19.4 Å². The van der Waals surface area contributed by atoms with E-state index in [0.29, 0.717) is 30.1 Å². The highest BCUT2D eigenvalue weighted by molar-refractivity contribution is 7.71. The number of hydrogen-bond donors (Lipinski definition) is 3. The van der Waals surface area contributed by atoms with Crippen LogP contribution in [0.5, 0.6) is 5.75 Å². The van der Waals surface area contributed by atoms with Gasteiger partial charge in [0.2, 0.25) is 4.77 Å². The number of aliphatic carboxylic acids is 1. The molecule has 0 saturated carbocycles. The number of hydrogen-bond acceptors (Lipinski definition) is 8. The molecule has 0 spiro atoms. The number of carbonyl (C=O) groups is 1. The summed E-state index contributed by atoms with van der Waals surface area (Å²) in [5.41, 5.74) is 2.59. The molecule has 1 fully saturated rings. The zero-order chi connectivity index (χ0) is 23.9. The number of aromatic nitrogens is 4. The monoisotopic (exact) mass is 483 g/mol. The Morgan fingerprint density at radius 3 is 2.85 bits per heavy atom. The molecule has 1 aromatic heterocycles. The van der Waals surface area contributed by atoms with Crippen LogP contribution in [0, 0.1) is 17.2 Å². The molecule has 2 aromatic carbocycles. The second-order valence-corrected chi connectivity index (χ2v) is 8.27. The normalized spacial score (nSPS) is 18.0. The van der Waals surface area contributed by atoms with Gasteiger partial charge >= 0.3 is 5.97 Å². The van der Waals surface area contributed by atoms with E-state index in [0.717, 1.165) is 17.1 Å². The van der Waals surface area contributed by atoms with Crippen molar-refractivity contribution in [2.24, 2.45) is 5.92 Å². The maximum absolute atomic E-state index is 11.2. The van der Waals surface area contributed by atoms with Gasteiger partial charge in [-0.2, -0.15) is 5.21 Å². The van der Waals surface area contributed by atoms with Gasteiger partial charge in [-0.05, 0) is 61.8 Å². The van der Waals surface area contributed by atoms with Crippen LogP contribution in [0.3, 0.4) is 0 Å². The molecule has 0 amide bonds. The molecule has 1 aliphatic heterocycles. The third kappa shape index (κ3) is 6.12. The van der Waals surface area contributed by atoms with Crippen LogP contribution < -0.4 is 15.0 Å². The van der Waals surface area contributed by atoms with Gasteiger partial charge in [-0.25, -0.2) is 4.68 Å². The summed E-state index contributed by atoms with van der Waals surface area (Å²) in [7, 11) is 0. The molecular formula is C23H27N6O4S. The van der Waals surface area contributed by atoms with E-state index in [-0.39, 0.29) is 25.2 Å². The Hall–Kier alpha value is -3.44. The molecule has 179 valence electrons. The van der Waals surface area contributed by atoms with Crippen LogP contribution in [0.2, 0.25) is 0 Å². The van der Waals surface area contributed by atoms with Crippen molar-refractivity contribution in [3.05, 3.63) is 59.8 Å². The fourth-order valence-corrected chi connectivity index (χ4v) is 4.18. The van der Waals surface area contributed by atoms with E-state index in [1.165, 1.54) is 0 Å². The average molecular weight is 484 g/mol. The molecule has 1 aliphatic rings. The minimum absolute atomic E-state index is 0.0172. The predicted molar refractivity (Wildman–Crippen MR) is 130 cm³/mol. The highest BCUT2D eigenvalue weighted by Crippen LogP contribution is 2.31. The Labute approximate surface area is 202 Å². The average Bonchev–Trinajstić information content (AvgIpc) is 3.25. The number of rotatable bonds is 10. The van der Waals surface area contributed by atoms with E-state index in [1.54, 1.807) is 4.68 Å². The van der Waals surface area contributed by atoms with Crippen LogP contribution >= 0.6 is 12.2 Å². The lowest BCUT2D eigenvalue weighted by Gasteiger charge is -2.38. The Bertz CT molecular complexity index is 1170. The molecule has 0 bridgehead atoms. The summed E-state index contributed by atoms with van der Waals surface area (Å²) in [6, 6.07) is 15.4. The fourth-order valence-electron chi connectivity index (χ4n) is 3.99. The van der Waals surface area contributed by atoms with Crippen molar-refractivity contribution in [3.8, 4) is 11.4 Å². The quantitative estimate of drug-likeness (QED) is 0.293. The van der Waals surface area contributed by atoms with Crippen LogP contribution in [0.15, 0.2) is 48.5 Å². The first kappa shape index (κ1) is 23.7. The smallest absolute Gasteiger partial charge is 0.303 e. The van der Waals surface area contributed by atoms with Gasteiger partial charge < -0.3 is 24.8 Å². The van der Waals surface area contributed by atoms with Gasteiger partial charge in [0.1, 0.15) is 5.75 Å². The minimum atomic E-state index is -0.809. The molecule has 3 aromatic rings. The SMILES string of the molecule is CCOC1CC(CC(=O)O)[CH]N(c2cccc(OCNc3cccc(-n4[nH]nnc4=S)c3)c2)C1. The summed E-state index contributed by atoms with van der Waals surface area (Å²) in [5, 5.41) is 22.7. The molecule has 0 aliphatic carbocycles. The van der Waals surface area contributed by atoms with E-state index >= 15 is 0 Å². The number of carboxylic acids is 1. The Kier molecular flexibility index (Phi) is 7.76. The van der Waals surface area contributed by atoms with Gasteiger partial charge in [-0.15, -0.1) is 0 Å². The summed E-state index contributed by atoms with van der Waals surface area (Å²) in [4.78, 5) is 13.3. The van der Waals surface area contributed by atoms with Crippen molar-refractivity contribution in [3.63, 3.8) is 0 Å². The Morgan fingerprint density at radius 2 is 2.09 bits per heavy atom. The molecular weight excluding hydrogens is 456 g/mol. The molecule has 4 rings (SSSR count). The maximum Gasteiger partial charge on any atom is 0.303 e. The fraction of sp³-hybridized carbons (Fsp3) is 0.348. The highest BCUT2D eigenvalue weighted by Gasteiger charge is 2.29. The summed E-state index contributed by atoms with van der Waals surface area (Å²) in [6.07, 6.45) is 0.769. The van der Waals surface area contributed by atoms with Crippen molar-refractivity contribution in [2.75, 3.05) is 30.1 Å². The number of H-pyrrole nitrogens is 1. The summed E-state index contributed by atoms with van der Waals surface area (Å²) in [6.45, 7) is 5.46. The van der Waals surface area contributed by atoms with Crippen LogP contribution in [0.25, 0.3) is 5.69 Å². The number of nitrogens with zero attached hydrogens (tertiary/aromatic N) is 4. The Morgan fingerprint density at radius 1 is 1.26 bits per heavy atom. The van der Waals surface area contributed by atoms with Gasteiger partial charge in [0.25, 0.3) is 0 Å². The minimum Gasteiger partial charge on any atom is -0.481 e. The highest BCUT2D eigenvalue weighted by atomic mass is 32.1. The van der Waals surface area contributed by atoms with Crippen LogP contribution in [0.4, 0.5) is 11.4 Å². The molecule has 1 radical (unpaired) electrons. The first-order chi connectivity index (χ1) is 16.5. The maximum atomic E-state index is 11.2. The number of benzene rings is 2. The first-order valence-electron chi connectivity index (χ1n) is 11.0. The molecule has 2 heterocycles. The van der Waals surface area contributed by atoms with Gasteiger partial charge in [0.05, 0.1) is 24.8 Å². The largest absolute Gasteiger partial charge is 0.481 e. The third-order valence-corrected chi connectivity index (χ3v) is 5.70. The molecule has 34 heavy (non-hydrogen) atoms. The predicted octanol–water partition coefficient (Wildman–Crippen LogP) is 3.64. The van der Waals surface area contributed by atoms with E-state index in [4.69, 9.17) is 21.7 Å². The van der Waals surface area contributed by atoms with Gasteiger partial charge in [-0.3, -0.25) is 4.79 Å². The molecule has 3 N–H and O–H groups in total. The number of ether oxygens (including phenoxy) is 2. The number of tetrazole rings is 1. The molecule has 10 nitrogen and oxygen atoms in total. The van der Waals surface area contributed by atoms with Crippen molar-refractivity contribution in [1.29, 1.82) is 0 Å². The second kappa shape index (κ2) is 11.1. The third-order valence-electron chi connectivity index (χ3n) is 5.44. The molecule has 2 unspecified atom stereocenters. The number of carboxylic acid groups (broad SMARTS) is 1. The topological polar surface area (TPSA) is 118 Å². The zero-order valence-electron chi connectivity index (χ0n) is 18.8. The van der Waals surface area contributed by atoms with Crippen molar-refractivity contribution in [2.45, 2.75) is 25.9 Å². The van der Waals surface area contributed by atoms with Crippen LogP contribution in [-0.2, 0) is 9.53 Å². The first-order valence-corrected chi connectivity index (χ1v) is 11.4. The summed E-state index contributed by atoms with van der Waals surface area (Å²) < 4.78 is 13.7. The van der Waals surface area contributed by atoms with E-state index in [1.807, 2.05) is 62.0 Å². The van der Waals surface area contributed by atoms with E-state index < -0.39 is 5.97 Å². The van der Waals surface area contributed by atoms with Gasteiger partial charge in [-0.1, -0.05) is 22.4 Å². The van der Waals surface area contributed by atoms with Crippen molar-refractivity contribution >= 4 is 29.6 Å². The Balaban J connectivity index is 1.38. The van der Waals surface area contributed by atoms with Gasteiger partial charge in [0.15, 0.2) is 6.73 Å². The molecule has 11 heteroatoms. The number of piperidine rings is 1. The van der Waals surface area contributed by atoms with E-state index in [2.05, 4.69) is 25.7 Å². The summed E-state index contributed by atoms with van der Waals surface area (Å²) in [5.74, 6) is -0.195. The van der Waals surface area contributed by atoms with E-state index in [9.17, 15) is 9.90 Å². The number of aromatic amines is 1. The molecule has 1 saturated heterocycles. The lowest BCUT2D eigenvalue weighted by atomic mass is 9.92. The zero-order valence-corrected chi connectivity index (χ0v) is 19.6. The lowest BCUT2D eigenvalue weighted by molar-refractivity contribution is -0.138. The standard InChI is InChI=1S/C23H27N6O4S/c1-2-32-21-9-16(10-22(30)31)13-28(14-21)18-6-4-8-20(12-18)33-15-24-17-5-3-7-19(11-17)29-23(34)25-26-27-29/h3-8,11-13,16,21,24H,2,9-10,14-15H2,1H3,(H,30,31)(H,25,27,34). The van der Waals surface area contributed by atoms with Crippen LogP contribution in [0.1, 0.15) is 19.8 Å². The molecule has 2 atom stereocenters. The van der Waals surface area contributed by atoms with Gasteiger partial charge in [0, 0.05) is 30.6 Å². The second-order valence-electron chi connectivity index (χ2n) is 7.90. The number of anilines is 2. The van der Waals surface area contributed by atoms with Crippen molar-refractivity contribution in [1.82, 2.24) is 20.2 Å². The lowest BCUT2D eigenvalue weighted by Crippen LogP contribution is -2.41. The number of nitrogens with one attached hydrogen (secondary N) is 2. The summed E-state index contributed by atoms with van der Waals surface area (Å²) >= 11 is 5.15. The van der Waals surface area contributed by atoms with Crippen LogP contribution in [-0.4, -0.2) is 57.3 Å².